The summed E-state index contributed by atoms with van der Waals surface area (Å²) in [4.78, 5) is 20.6. The maximum absolute atomic E-state index is 11.0. The van der Waals surface area contributed by atoms with Crippen LogP contribution in [0.5, 0.6) is 0 Å². The first-order chi connectivity index (χ1) is 9.63. The molecular weight excluding hydrogens is 284 g/mol. The number of hydrogen-bond acceptors (Lipinski definition) is 5. The Morgan fingerprint density at radius 1 is 1.55 bits per heavy atom. The predicted molar refractivity (Wildman–Crippen MR) is 72.9 cm³/mol. The van der Waals surface area contributed by atoms with E-state index in [-0.39, 0.29) is 11.3 Å². The van der Waals surface area contributed by atoms with Crippen molar-refractivity contribution in [2.24, 2.45) is 0 Å². The molecule has 3 rings (SSSR count). The molecule has 1 aliphatic rings. The number of aromatic nitrogens is 4. The third-order valence-corrected chi connectivity index (χ3v) is 3.48. The molecule has 1 saturated heterocycles. The van der Waals surface area contributed by atoms with Crippen LogP contribution in [0.25, 0.3) is 11.0 Å². The number of fused-ring (bicyclic) bond motifs is 1. The monoisotopic (exact) mass is 296 g/mol. The van der Waals surface area contributed by atoms with Crippen molar-refractivity contribution in [1.29, 1.82) is 0 Å². The van der Waals surface area contributed by atoms with Gasteiger partial charge in [-0.3, -0.25) is 5.10 Å². The van der Waals surface area contributed by atoms with Crippen molar-refractivity contribution in [2.75, 3.05) is 18.4 Å². The molecule has 1 atom stereocenters. The Kier molecular flexibility index (Phi) is 3.31. The van der Waals surface area contributed by atoms with Gasteiger partial charge in [0.15, 0.2) is 5.65 Å². The van der Waals surface area contributed by atoms with Crippen molar-refractivity contribution >= 4 is 34.5 Å². The molecule has 0 radical (unpaired) electrons. The van der Waals surface area contributed by atoms with Gasteiger partial charge in [-0.05, 0) is 24.4 Å². The second-order valence-corrected chi connectivity index (χ2v) is 5.02. The number of carbonyl (C=O) groups is 1. The lowest BCUT2D eigenvalue weighted by Gasteiger charge is -2.31. The van der Waals surface area contributed by atoms with Crippen LogP contribution in [-0.4, -0.2) is 55.4 Å². The van der Waals surface area contributed by atoms with Crippen LogP contribution in [0.1, 0.15) is 12.8 Å². The molecule has 106 valence electrons. The minimum Gasteiger partial charge on any atom is -0.465 e. The molecule has 9 heteroatoms. The Balaban J connectivity index is 1.82. The zero-order valence-electron chi connectivity index (χ0n) is 10.5. The fraction of sp³-hybridized carbons (Fsp3) is 0.455. The number of amides is 1. The first-order valence-corrected chi connectivity index (χ1v) is 6.62. The lowest BCUT2D eigenvalue weighted by molar-refractivity contribution is 0.133. The zero-order chi connectivity index (χ0) is 14.1. The lowest BCUT2D eigenvalue weighted by Crippen LogP contribution is -2.44. The number of nitrogens with zero attached hydrogens (tertiary/aromatic N) is 4. The van der Waals surface area contributed by atoms with Gasteiger partial charge in [0.2, 0.25) is 5.28 Å². The van der Waals surface area contributed by atoms with E-state index in [1.54, 1.807) is 6.20 Å². The van der Waals surface area contributed by atoms with Crippen molar-refractivity contribution in [3.05, 3.63) is 11.5 Å². The number of carboxylic acid groups (broad SMARTS) is 1. The predicted octanol–water partition coefficient (Wildman–Crippen LogP) is 1.56. The Morgan fingerprint density at radius 3 is 3.20 bits per heavy atom. The van der Waals surface area contributed by atoms with Gasteiger partial charge in [0.25, 0.3) is 0 Å². The first kappa shape index (κ1) is 12.9. The number of nitrogens with one attached hydrogen (secondary N) is 2. The van der Waals surface area contributed by atoms with Gasteiger partial charge in [0.1, 0.15) is 5.82 Å². The number of hydrogen-bond donors (Lipinski definition) is 3. The highest BCUT2D eigenvalue weighted by molar-refractivity contribution is 6.28. The van der Waals surface area contributed by atoms with Gasteiger partial charge in [0, 0.05) is 19.1 Å². The van der Waals surface area contributed by atoms with Crippen molar-refractivity contribution in [2.45, 2.75) is 18.9 Å². The molecule has 0 bridgehead atoms. The van der Waals surface area contributed by atoms with Gasteiger partial charge in [-0.15, -0.1) is 0 Å². The molecule has 1 amide bonds. The van der Waals surface area contributed by atoms with E-state index in [9.17, 15) is 4.79 Å². The summed E-state index contributed by atoms with van der Waals surface area (Å²) in [6.07, 6.45) is 2.42. The Bertz CT molecular complexity index is 645. The van der Waals surface area contributed by atoms with E-state index in [0.717, 1.165) is 18.2 Å². The Morgan fingerprint density at radius 2 is 2.40 bits per heavy atom. The Hall–Kier alpha value is -2.09. The maximum atomic E-state index is 11.0. The highest BCUT2D eigenvalue weighted by Crippen LogP contribution is 2.22. The van der Waals surface area contributed by atoms with E-state index < -0.39 is 6.09 Å². The van der Waals surface area contributed by atoms with E-state index in [2.05, 4.69) is 25.5 Å². The molecule has 0 aliphatic carbocycles. The van der Waals surface area contributed by atoms with E-state index in [1.165, 1.54) is 4.90 Å². The summed E-state index contributed by atoms with van der Waals surface area (Å²) >= 11 is 5.86. The van der Waals surface area contributed by atoms with Crippen LogP contribution < -0.4 is 5.32 Å². The lowest BCUT2D eigenvalue weighted by atomic mass is 10.1. The third kappa shape index (κ3) is 2.46. The standard InChI is InChI=1S/C11H13ClN6O2/c12-10-15-8(7-4-13-17-9(7)16-10)14-6-2-1-3-18(5-6)11(19)20/h4,6H,1-3,5H2,(H,19,20)(H2,13,14,15,16,17). The number of halogens is 1. The Labute approximate surface area is 119 Å². The summed E-state index contributed by atoms with van der Waals surface area (Å²) in [5.41, 5.74) is 0.554. The third-order valence-electron chi connectivity index (χ3n) is 3.32. The van der Waals surface area contributed by atoms with Gasteiger partial charge in [-0.25, -0.2) is 4.79 Å². The quantitative estimate of drug-likeness (QED) is 0.726. The number of piperidine rings is 1. The van der Waals surface area contributed by atoms with Gasteiger partial charge in [-0.1, -0.05) is 0 Å². The molecule has 0 spiro atoms. The van der Waals surface area contributed by atoms with Gasteiger partial charge >= 0.3 is 6.09 Å². The number of anilines is 1. The van der Waals surface area contributed by atoms with Crippen LogP contribution in [0.4, 0.5) is 10.6 Å². The number of likely N-dealkylation sites (tertiary alicyclic amines) is 1. The smallest absolute Gasteiger partial charge is 0.407 e. The highest BCUT2D eigenvalue weighted by Gasteiger charge is 2.24. The second kappa shape index (κ2) is 5.12. The van der Waals surface area contributed by atoms with Crippen LogP contribution in [0.3, 0.4) is 0 Å². The van der Waals surface area contributed by atoms with E-state index in [4.69, 9.17) is 16.7 Å². The van der Waals surface area contributed by atoms with Crippen LogP contribution in [0.15, 0.2) is 6.20 Å². The molecule has 20 heavy (non-hydrogen) atoms. The summed E-state index contributed by atoms with van der Waals surface area (Å²) in [5, 5.41) is 19.8. The molecule has 0 aromatic carbocycles. The fourth-order valence-electron chi connectivity index (χ4n) is 2.38. The molecule has 1 unspecified atom stereocenters. The summed E-state index contributed by atoms with van der Waals surface area (Å²) in [6, 6.07) is 0.00363. The molecular formula is C11H13ClN6O2. The SMILES string of the molecule is O=C(O)N1CCCC(Nc2nc(Cl)nc3[nH]ncc23)C1. The number of aromatic amines is 1. The molecule has 3 N–H and O–H groups in total. The topological polar surface area (TPSA) is 107 Å². The summed E-state index contributed by atoms with van der Waals surface area (Å²) < 4.78 is 0. The second-order valence-electron chi connectivity index (χ2n) is 4.69. The normalized spacial score (nSPS) is 19.2. The largest absolute Gasteiger partial charge is 0.465 e. The van der Waals surface area contributed by atoms with Crippen molar-refractivity contribution in [3.63, 3.8) is 0 Å². The van der Waals surface area contributed by atoms with Crippen LogP contribution in [-0.2, 0) is 0 Å². The van der Waals surface area contributed by atoms with Crippen LogP contribution >= 0.6 is 11.6 Å². The van der Waals surface area contributed by atoms with E-state index in [0.29, 0.717) is 24.6 Å². The molecule has 3 heterocycles. The highest BCUT2D eigenvalue weighted by atomic mass is 35.5. The van der Waals surface area contributed by atoms with Gasteiger partial charge in [0.05, 0.1) is 11.6 Å². The molecule has 1 fully saturated rings. The minimum atomic E-state index is -0.898. The minimum absolute atomic E-state index is 0.00363. The number of rotatable bonds is 2. The van der Waals surface area contributed by atoms with Crippen molar-refractivity contribution in [3.8, 4) is 0 Å². The van der Waals surface area contributed by atoms with E-state index in [1.807, 2.05) is 0 Å². The average molecular weight is 297 g/mol. The summed E-state index contributed by atoms with van der Waals surface area (Å²) in [7, 11) is 0. The summed E-state index contributed by atoms with van der Waals surface area (Å²) in [6.45, 7) is 0.996. The molecule has 1 aliphatic heterocycles. The van der Waals surface area contributed by atoms with Crippen molar-refractivity contribution < 1.29 is 9.90 Å². The van der Waals surface area contributed by atoms with Gasteiger partial charge in [-0.2, -0.15) is 15.1 Å². The van der Waals surface area contributed by atoms with Gasteiger partial charge < -0.3 is 15.3 Å². The average Bonchev–Trinajstić information content (AvgIpc) is 2.87. The first-order valence-electron chi connectivity index (χ1n) is 6.24. The molecule has 8 nitrogen and oxygen atoms in total. The van der Waals surface area contributed by atoms with Crippen molar-refractivity contribution in [1.82, 2.24) is 25.1 Å². The van der Waals surface area contributed by atoms with Crippen LogP contribution in [0.2, 0.25) is 5.28 Å². The number of H-pyrrole nitrogens is 1. The van der Waals surface area contributed by atoms with Crippen LogP contribution in [0, 0.1) is 0 Å². The molecule has 2 aromatic rings. The zero-order valence-corrected chi connectivity index (χ0v) is 11.3. The maximum Gasteiger partial charge on any atom is 0.407 e. The van der Waals surface area contributed by atoms with E-state index >= 15 is 0 Å². The summed E-state index contributed by atoms with van der Waals surface area (Å²) in [5.74, 6) is 0.575. The molecule has 2 aromatic heterocycles. The molecule has 0 saturated carbocycles. The fourth-order valence-corrected chi connectivity index (χ4v) is 2.55.